The fraction of sp³-hybridized carbons (Fsp3) is 0.292. The number of hydrogen-bond acceptors (Lipinski definition) is 9. The molecule has 0 aliphatic heterocycles. The van der Waals surface area contributed by atoms with Gasteiger partial charge in [-0.1, -0.05) is 23.4 Å². The topological polar surface area (TPSA) is 144 Å². The Kier molecular flexibility index (Phi) is 7.56. The van der Waals surface area contributed by atoms with Crippen LogP contribution in [0.5, 0.6) is 11.5 Å². The summed E-state index contributed by atoms with van der Waals surface area (Å²) in [6.45, 7) is 1.07. The molecule has 0 saturated heterocycles. The van der Waals surface area contributed by atoms with Crippen molar-refractivity contribution in [2.24, 2.45) is 0 Å². The number of hydrogen-bond donors (Lipinski definition) is 3. The Bertz CT molecular complexity index is 1370. The third kappa shape index (κ3) is 5.75. The van der Waals surface area contributed by atoms with E-state index < -0.39 is 0 Å². The summed E-state index contributed by atoms with van der Waals surface area (Å²) in [4.78, 5) is 28.4. The number of methoxy groups -OCH3 is 2. The highest BCUT2D eigenvalue weighted by Gasteiger charge is 2.15. The molecule has 182 valence electrons. The number of H-pyrrole nitrogens is 1. The van der Waals surface area contributed by atoms with Gasteiger partial charge < -0.3 is 24.6 Å². The minimum absolute atomic E-state index is 0.115. The third-order valence-corrected chi connectivity index (χ3v) is 5.35. The van der Waals surface area contributed by atoms with Crippen LogP contribution < -0.4 is 25.7 Å². The van der Waals surface area contributed by atoms with Crippen molar-refractivity contribution >= 4 is 22.5 Å². The first-order valence-electron chi connectivity index (χ1n) is 11.1. The minimum Gasteiger partial charge on any atom is -0.497 e. The Labute approximate surface area is 200 Å². The summed E-state index contributed by atoms with van der Waals surface area (Å²) < 4.78 is 15.9. The molecule has 0 spiro atoms. The van der Waals surface area contributed by atoms with Gasteiger partial charge in [0.25, 0.3) is 5.56 Å². The molecule has 1 amide bonds. The van der Waals surface area contributed by atoms with Crippen molar-refractivity contribution < 1.29 is 18.8 Å². The lowest BCUT2D eigenvalue weighted by molar-refractivity contribution is -0.121. The number of aromatic nitrogens is 4. The maximum Gasteiger partial charge on any atom is 0.272 e. The maximum absolute atomic E-state index is 12.2. The van der Waals surface area contributed by atoms with Gasteiger partial charge in [-0.2, -0.15) is 10.1 Å². The van der Waals surface area contributed by atoms with Crippen molar-refractivity contribution in [1.82, 2.24) is 25.7 Å². The van der Waals surface area contributed by atoms with Crippen LogP contribution in [0.25, 0.3) is 22.2 Å². The van der Waals surface area contributed by atoms with Gasteiger partial charge in [0.1, 0.15) is 11.5 Å². The molecule has 2 aromatic carbocycles. The Hall–Kier alpha value is -4.41. The average Bonchev–Trinajstić information content (AvgIpc) is 3.37. The van der Waals surface area contributed by atoms with Crippen LogP contribution in [-0.2, 0) is 11.2 Å². The Morgan fingerprint density at radius 3 is 2.71 bits per heavy atom. The van der Waals surface area contributed by atoms with Crippen LogP contribution in [-0.4, -0.2) is 53.6 Å². The molecule has 0 fully saturated rings. The molecule has 0 unspecified atom stereocenters. The van der Waals surface area contributed by atoms with Gasteiger partial charge in [-0.3, -0.25) is 9.59 Å². The second-order valence-corrected chi connectivity index (χ2v) is 7.66. The number of aryl methyl sites for hydroxylation is 1. The van der Waals surface area contributed by atoms with Gasteiger partial charge in [0.15, 0.2) is 5.82 Å². The Morgan fingerprint density at radius 1 is 1.09 bits per heavy atom. The van der Waals surface area contributed by atoms with Gasteiger partial charge >= 0.3 is 0 Å². The molecule has 4 aromatic rings. The number of ether oxygens (including phenoxy) is 2. The van der Waals surface area contributed by atoms with Crippen LogP contribution in [0.4, 0.5) is 5.82 Å². The summed E-state index contributed by atoms with van der Waals surface area (Å²) >= 11 is 0. The minimum atomic E-state index is -0.227. The number of fused-ring (bicyclic) bond motifs is 1. The average molecular weight is 479 g/mol. The zero-order valence-corrected chi connectivity index (χ0v) is 19.5. The predicted molar refractivity (Wildman–Crippen MR) is 130 cm³/mol. The van der Waals surface area contributed by atoms with Crippen molar-refractivity contribution in [2.75, 3.05) is 32.6 Å². The Morgan fingerprint density at radius 2 is 1.91 bits per heavy atom. The van der Waals surface area contributed by atoms with Gasteiger partial charge in [-0.25, -0.2) is 5.10 Å². The summed E-state index contributed by atoms with van der Waals surface area (Å²) in [7, 11) is 3.13. The van der Waals surface area contributed by atoms with Crippen molar-refractivity contribution in [3.05, 3.63) is 58.7 Å². The molecule has 4 rings (SSSR count). The molecule has 0 atom stereocenters. The summed E-state index contributed by atoms with van der Waals surface area (Å²) in [5.41, 5.74) is 0.415. The fourth-order valence-electron chi connectivity index (χ4n) is 3.54. The van der Waals surface area contributed by atoms with Crippen LogP contribution in [0.15, 0.2) is 51.8 Å². The van der Waals surface area contributed by atoms with E-state index >= 15 is 0 Å². The van der Waals surface area contributed by atoms with E-state index in [0.29, 0.717) is 65.9 Å². The van der Waals surface area contributed by atoms with Crippen molar-refractivity contribution in [3.63, 3.8) is 0 Å². The van der Waals surface area contributed by atoms with E-state index in [1.807, 2.05) is 18.2 Å². The van der Waals surface area contributed by atoms with E-state index in [2.05, 4.69) is 31.0 Å². The van der Waals surface area contributed by atoms with Crippen molar-refractivity contribution in [1.29, 1.82) is 0 Å². The highest BCUT2D eigenvalue weighted by Crippen LogP contribution is 2.31. The van der Waals surface area contributed by atoms with E-state index in [4.69, 9.17) is 14.0 Å². The highest BCUT2D eigenvalue weighted by atomic mass is 16.5. The number of carbonyl (C=O) groups excluding carboxylic acids is 1. The lowest BCUT2D eigenvalue weighted by atomic mass is 10.2. The molecule has 11 nitrogen and oxygen atoms in total. The zero-order chi connectivity index (χ0) is 24.6. The van der Waals surface area contributed by atoms with E-state index in [9.17, 15) is 9.59 Å². The van der Waals surface area contributed by atoms with E-state index in [1.165, 1.54) is 0 Å². The largest absolute Gasteiger partial charge is 0.497 e. The van der Waals surface area contributed by atoms with E-state index in [0.717, 1.165) is 5.39 Å². The summed E-state index contributed by atoms with van der Waals surface area (Å²) in [6.07, 6.45) is 1.22. The van der Waals surface area contributed by atoms with Crippen LogP contribution in [0, 0.1) is 0 Å². The third-order valence-electron chi connectivity index (χ3n) is 5.35. The van der Waals surface area contributed by atoms with E-state index in [1.54, 1.807) is 38.5 Å². The van der Waals surface area contributed by atoms with E-state index in [-0.39, 0.29) is 17.9 Å². The zero-order valence-electron chi connectivity index (χ0n) is 19.5. The van der Waals surface area contributed by atoms with Crippen LogP contribution in [0.3, 0.4) is 0 Å². The van der Waals surface area contributed by atoms with Crippen molar-refractivity contribution in [2.45, 2.75) is 19.3 Å². The summed E-state index contributed by atoms with van der Waals surface area (Å²) in [5.74, 6) is 2.45. The van der Waals surface area contributed by atoms with Crippen LogP contribution in [0.1, 0.15) is 18.7 Å². The number of nitrogens with zero attached hydrogens (tertiary/aromatic N) is 3. The molecule has 0 radical (unpaired) electrons. The monoisotopic (exact) mass is 478 g/mol. The first-order chi connectivity index (χ1) is 17.1. The van der Waals surface area contributed by atoms with Gasteiger partial charge in [0.2, 0.25) is 17.6 Å². The SMILES string of the molecule is COc1ccc(OC)c(-c2noc(CCC(=O)NCCCNc3n[nH]c(=O)c4ccccc34)n2)c1. The molecule has 2 aromatic heterocycles. The smallest absolute Gasteiger partial charge is 0.272 e. The molecule has 0 saturated carbocycles. The van der Waals surface area contributed by atoms with Gasteiger partial charge in [0.05, 0.1) is 25.2 Å². The first-order valence-corrected chi connectivity index (χ1v) is 11.1. The quantitative estimate of drug-likeness (QED) is 0.277. The van der Waals surface area contributed by atoms with Gasteiger partial charge in [-0.05, 0) is 30.7 Å². The fourth-order valence-corrected chi connectivity index (χ4v) is 3.54. The second kappa shape index (κ2) is 11.1. The number of amides is 1. The molecular formula is C24H26N6O5. The molecule has 11 heteroatoms. The molecule has 0 aliphatic rings. The lowest BCUT2D eigenvalue weighted by Crippen LogP contribution is -2.26. The molecular weight excluding hydrogens is 452 g/mol. The number of anilines is 1. The van der Waals surface area contributed by atoms with Gasteiger partial charge in [0, 0.05) is 31.3 Å². The highest BCUT2D eigenvalue weighted by molar-refractivity contribution is 5.90. The molecule has 0 bridgehead atoms. The molecule has 2 heterocycles. The number of benzene rings is 2. The van der Waals surface area contributed by atoms with Crippen molar-refractivity contribution in [3.8, 4) is 22.9 Å². The maximum atomic E-state index is 12.2. The normalized spacial score (nSPS) is 10.8. The Balaban J connectivity index is 1.22. The van der Waals surface area contributed by atoms with Crippen LogP contribution in [0.2, 0.25) is 0 Å². The molecule has 35 heavy (non-hydrogen) atoms. The number of aromatic amines is 1. The summed E-state index contributed by atoms with van der Waals surface area (Å²) in [5, 5.41) is 18.0. The second-order valence-electron chi connectivity index (χ2n) is 7.66. The molecule has 0 aliphatic carbocycles. The number of carbonyl (C=O) groups is 1. The van der Waals surface area contributed by atoms with Crippen LogP contribution >= 0.6 is 0 Å². The standard InChI is InChI=1S/C24H26N6O5/c1-33-15-8-9-19(34-2)18(14-15)23-27-21(35-30-23)11-10-20(31)25-12-5-13-26-22-16-6-3-4-7-17(16)24(32)29-28-22/h3-4,6-9,14H,5,10-13H2,1-2H3,(H,25,31)(H,26,28)(H,29,32). The predicted octanol–water partition coefficient (Wildman–Crippen LogP) is 2.54. The molecule has 3 N–H and O–H groups in total. The summed E-state index contributed by atoms with van der Waals surface area (Å²) in [6, 6.07) is 12.6. The number of nitrogens with one attached hydrogen (secondary N) is 3. The first kappa shape index (κ1) is 23.7. The number of rotatable bonds is 11. The lowest BCUT2D eigenvalue weighted by Gasteiger charge is -2.08. The van der Waals surface area contributed by atoms with Gasteiger partial charge in [-0.15, -0.1) is 0 Å².